The van der Waals surface area contributed by atoms with E-state index in [4.69, 9.17) is 18.3 Å². The minimum atomic E-state index is -3.75. The molecule has 0 aromatic carbocycles. The predicted octanol–water partition coefficient (Wildman–Crippen LogP) is 6.92. The van der Waals surface area contributed by atoms with Gasteiger partial charge >= 0.3 is 13.9 Å². The number of phosphoric ester groups is 1. The highest BCUT2D eigenvalue weighted by Crippen LogP contribution is 2.47. The molecule has 2 atom stereocenters. The average Bonchev–Trinajstić information content (AvgIpc) is 2.78. The average molecular weight is 508 g/mol. The van der Waals surface area contributed by atoms with Gasteiger partial charge in [-0.15, -0.1) is 0 Å². The zero-order valence-corrected chi connectivity index (χ0v) is 23.2. The number of unbranched alkanes of at least 4 members (excludes halogenated alkanes) is 11. The molecule has 0 aliphatic carbocycles. The molecule has 0 heterocycles. The van der Waals surface area contributed by atoms with Gasteiger partial charge in [-0.05, 0) is 33.6 Å². The highest BCUT2D eigenvalue weighted by Gasteiger charge is 2.29. The van der Waals surface area contributed by atoms with Crippen LogP contribution in [0, 0.1) is 0 Å². The summed E-state index contributed by atoms with van der Waals surface area (Å²) < 4.78 is 32.1. The fourth-order valence-corrected chi connectivity index (χ4v) is 4.04. The Balaban J connectivity index is 4.39. The van der Waals surface area contributed by atoms with E-state index in [-0.39, 0.29) is 6.61 Å². The Hall–Kier alpha value is -0.920. The second kappa shape index (κ2) is 19.3. The number of aliphatic hydroxyl groups excluding tert-OH is 1. The van der Waals surface area contributed by atoms with Crippen LogP contribution in [-0.2, 0) is 22.9 Å². The number of rotatable bonds is 20. The van der Waals surface area contributed by atoms with Gasteiger partial charge in [0.2, 0.25) is 0 Å². The fraction of sp³-hybridized carbons (Fsp3) is 0.880. The number of phosphoric acid groups is 1. The maximum atomic E-state index is 12.2. The van der Waals surface area contributed by atoms with E-state index in [2.05, 4.69) is 12.2 Å². The molecule has 0 rings (SSSR count). The second-order valence-corrected chi connectivity index (χ2v) is 11.5. The number of ether oxygens (including phenoxy) is 1. The SMILES string of the molecule is CCCCCCCCCCCCC/C=C/[C@H](O)[C@@H](COP(=O)(OC)OC)NC(=O)OC(C)(C)C. The van der Waals surface area contributed by atoms with E-state index in [1.807, 2.05) is 6.08 Å². The van der Waals surface area contributed by atoms with E-state index in [1.54, 1.807) is 26.8 Å². The number of allylic oxidation sites excluding steroid dienone is 1. The molecule has 9 heteroatoms. The molecule has 0 unspecified atom stereocenters. The summed E-state index contributed by atoms with van der Waals surface area (Å²) >= 11 is 0. The van der Waals surface area contributed by atoms with Gasteiger partial charge in [0.05, 0.1) is 18.8 Å². The minimum absolute atomic E-state index is 0.276. The highest BCUT2D eigenvalue weighted by molar-refractivity contribution is 7.48. The Bertz CT molecular complexity index is 584. The van der Waals surface area contributed by atoms with Crippen LogP contribution in [-0.4, -0.2) is 49.8 Å². The monoisotopic (exact) mass is 507 g/mol. The molecular weight excluding hydrogens is 457 g/mol. The van der Waals surface area contributed by atoms with E-state index in [0.29, 0.717) is 0 Å². The number of hydrogen-bond donors (Lipinski definition) is 2. The number of carbonyl (C=O) groups excluding carboxylic acids is 1. The first-order valence-electron chi connectivity index (χ1n) is 12.8. The molecule has 0 aliphatic rings. The molecule has 0 radical (unpaired) electrons. The Labute approximate surface area is 207 Å². The predicted molar refractivity (Wildman–Crippen MR) is 137 cm³/mol. The van der Waals surface area contributed by atoms with Crippen LogP contribution in [0.25, 0.3) is 0 Å². The Morgan fingerprint density at radius 3 is 1.91 bits per heavy atom. The largest absolute Gasteiger partial charge is 0.474 e. The Morgan fingerprint density at radius 1 is 0.941 bits per heavy atom. The number of amides is 1. The molecule has 0 bridgehead atoms. The standard InChI is InChI=1S/C25H50NO7P/c1-7-8-9-10-11-12-13-14-15-16-17-18-19-20-23(27)22(21-32-34(29,30-5)31-6)26-24(28)33-25(2,3)4/h19-20,22-23,27H,7-18,21H2,1-6H3,(H,26,28)/b20-19+/t22-,23+/m1/s1. The van der Waals surface area contributed by atoms with Crippen LogP contribution in [0.2, 0.25) is 0 Å². The van der Waals surface area contributed by atoms with E-state index in [0.717, 1.165) is 19.3 Å². The summed E-state index contributed by atoms with van der Waals surface area (Å²) in [6.45, 7) is 7.19. The topological polar surface area (TPSA) is 103 Å². The van der Waals surface area contributed by atoms with Crippen molar-refractivity contribution in [1.29, 1.82) is 0 Å². The molecule has 0 fully saturated rings. The summed E-state index contributed by atoms with van der Waals surface area (Å²) in [7, 11) is -1.35. The van der Waals surface area contributed by atoms with E-state index < -0.39 is 31.7 Å². The lowest BCUT2D eigenvalue weighted by atomic mass is 10.0. The fourth-order valence-electron chi connectivity index (χ4n) is 3.33. The molecule has 0 aliphatic heterocycles. The van der Waals surface area contributed by atoms with Crippen LogP contribution in [0.5, 0.6) is 0 Å². The third kappa shape index (κ3) is 18.4. The van der Waals surface area contributed by atoms with Gasteiger partial charge in [-0.25, -0.2) is 9.36 Å². The van der Waals surface area contributed by atoms with Crippen molar-refractivity contribution in [3.05, 3.63) is 12.2 Å². The molecule has 0 aromatic rings. The maximum absolute atomic E-state index is 12.2. The van der Waals surface area contributed by atoms with Crippen LogP contribution in [0.1, 0.15) is 105 Å². The van der Waals surface area contributed by atoms with Gasteiger partial charge < -0.3 is 15.2 Å². The van der Waals surface area contributed by atoms with Crippen molar-refractivity contribution in [2.45, 2.75) is 122 Å². The van der Waals surface area contributed by atoms with Crippen molar-refractivity contribution < 1.29 is 32.8 Å². The lowest BCUT2D eigenvalue weighted by Gasteiger charge is -2.26. The van der Waals surface area contributed by atoms with Gasteiger partial charge in [0.15, 0.2) is 0 Å². The zero-order chi connectivity index (χ0) is 25.9. The van der Waals surface area contributed by atoms with Gasteiger partial charge in [-0.3, -0.25) is 13.6 Å². The lowest BCUT2D eigenvalue weighted by molar-refractivity contribution is 0.0389. The molecule has 34 heavy (non-hydrogen) atoms. The first-order chi connectivity index (χ1) is 16.1. The molecule has 0 spiro atoms. The van der Waals surface area contributed by atoms with Crippen molar-refractivity contribution in [3.63, 3.8) is 0 Å². The number of alkyl carbamates (subject to hydrolysis) is 1. The molecule has 2 N–H and O–H groups in total. The summed E-state index contributed by atoms with van der Waals surface area (Å²) in [4.78, 5) is 12.2. The van der Waals surface area contributed by atoms with Crippen LogP contribution >= 0.6 is 7.82 Å². The van der Waals surface area contributed by atoms with Crippen LogP contribution < -0.4 is 5.32 Å². The van der Waals surface area contributed by atoms with Crippen LogP contribution in [0.15, 0.2) is 12.2 Å². The normalized spacial score (nSPS) is 14.3. The molecule has 1 amide bonds. The van der Waals surface area contributed by atoms with Gasteiger partial charge in [0, 0.05) is 14.2 Å². The van der Waals surface area contributed by atoms with Gasteiger partial charge in [0.1, 0.15) is 5.60 Å². The third-order valence-corrected chi connectivity index (χ3v) is 6.64. The quantitative estimate of drug-likeness (QED) is 0.105. The lowest BCUT2D eigenvalue weighted by Crippen LogP contribution is -2.47. The second-order valence-electron chi connectivity index (χ2n) is 9.60. The summed E-state index contributed by atoms with van der Waals surface area (Å²) in [5, 5.41) is 13.1. The molecule has 0 saturated carbocycles. The zero-order valence-electron chi connectivity index (χ0n) is 22.3. The molecular formula is C25H50NO7P. The Morgan fingerprint density at radius 2 is 1.44 bits per heavy atom. The van der Waals surface area contributed by atoms with Crippen molar-refractivity contribution in [1.82, 2.24) is 5.32 Å². The van der Waals surface area contributed by atoms with Crippen molar-refractivity contribution in [2.24, 2.45) is 0 Å². The molecule has 0 saturated heterocycles. The highest BCUT2D eigenvalue weighted by atomic mass is 31.2. The van der Waals surface area contributed by atoms with Gasteiger partial charge in [-0.2, -0.15) is 0 Å². The third-order valence-electron chi connectivity index (χ3n) is 5.28. The van der Waals surface area contributed by atoms with E-state index in [9.17, 15) is 14.5 Å². The van der Waals surface area contributed by atoms with E-state index in [1.165, 1.54) is 72.0 Å². The summed E-state index contributed by atoms with van der Waals surface area (Å²) in [5.41, 5.74) is -0.695. The first kappa shape index (κ1) is 33.1. The number of nitrogens with one attached hydrogen (secondary N) is 1. The molecule has 0 aromatic heterocycles. The van der Waals surface area contributed by atoms with Gasteiger partial charge in [0.25, 0.3) is 0 Å². The summed E-state index contributed by atoms with van der Waals surface area (Å²) in [6.07, 6.45) is 16.7. The van der Waals surface area contributed by atoms with Crippen LogP contribution in [0.3, 0.4) is 0 Å². The maximum Gasteiger partial charge on any atom is 0.474 e. The van der Waals surface area contributed by atoms with Gasteiger partial charge in [-0.1, -0.05) is 83.3 Å². The van der Waals surface area contributed by atoms with E-state index >= 15 is 0 Å². The molecule has 8 nitrogen and oxygen atoms in total. The number of hydrogen-bond acceptors (Lipinski definition) is 7. The number of carbonyl (C=O) groups is 1. The molecule has 202 valence electrons. The number of aliphatic hydroxyl groups is 1. The summed E-state index contributed by atoms with van der Waals surface area (Å²) in [5.74, 6) is 0. The van der Waals surface area contributed by atoms with Crippen molar-refractivity contribution in [2.75, 3.05) is 20.8 Å². The van der Waals surface area contributed by atoms with Crippen molar-refractivity contribution >= 4 is 13.9 Å². The Kier molecular flexibility index (Phi) is 18.8. The minimum Gasteiger partial charge on any atom is -0.444 e. The van der Waals surface area contributed by atoms with Crippen LogP contribution in [0.4, 0.5) is 4.79 Å². The summed E-state index contributed by atoms with van der Waals surface area (Å²) in [6, 6.07) is -0.887. The smallest absolute Gasteiger partial charge is 0.444 e. The van der Waals surface area contributed by atoms with Crippen molar-refractivity contribution in [3.8, 4) is 0 Å². The first-order valence-corrected chi connectivity index (χ1v) is 14.2.